The van der Waals surface area contributed by atoms with Gasteiger partial charge >= 0.3 is 0 Å². The number of allylic oxidation sites excluding steroid dienone is 1. The molecule has 222 valence electrons. The van der Waals surface area contributed by atoms with E-state index in [1.54, 1.807) is 26.4 Å². The molecule has 8 atom stereocenters. The van der Waals surface area contributed by atoms with E-state index < -0.39 is 0 Å². The molecule has 4 aliphatic carbocycles. The Labute approximate surface area is 242 Å². The number of nitrogens with two attached hydrogens (primary N) is 2. The van der Waals surface area contributed by atoms with E-state index in [1.807, 2.05) is 12.1 Å². The van der Waals surface area contributed by atoms with E-state index in [2.05, 4.69) is 38.7 Å². The van der Waals surface area contributed by atoms with Gasteiger partial charge in [0.25, 0.3) is 0 Å². The topological polar surface area (TPSA) is 90.8 Å². The maximum atomic E-state index is 13.6. The minimum Gasteiger partial charge on any atom is -0.497 e. The molecule has 0 amide bonds. The maximum Gasteiger partial charge on any atom is 0.157 e. The molecule has 5 rings (SSSR count). The Bertz CT molecular complexity index is 1090. The summed E-state index contributed by atoms with van der Waals surface area (Å²) >= 11 is 0. The summed E-state index contributed by atoms with van der Waals surface area (Å²) in [7, 11) is 3.18. The molecule has 4 N–H and O–H groups in total. The number of hydrogen-bond donors (Lipinski definition) is 2. The molecule has 0 radical (unpaired) electrons. The molecule has 40 heavy (non-hydrogen) atoms. The lowest BCUT2D eigenvalue weighted by Gasteiger charge is -2.61. The van der Waals surface area contributed by atoms with Gasteiger partial charge in [0.05, 0.1) is 32.1 Å². The molecule has 0 aromatic heterocycles. The molecule has 1 aromatic carbocycles. The Balaban J connectivity index is 0.000000557. The van der Waals surface area contributed by atoms with Gasteiger partial charge in [-0.2, -0.15) is 0 Å². The number of nitrogens with zero attached hydrogens (tertiary/aromatic N) is 1. The number of Topliss-reactive ketones (excluding diaryl/α,β-unsaturated/α-hetero) is 1. The summed E-state index contributed by atoms with van der Waals surface area (Å²) in [6.07, 6.45) is 13.3. The van der Waals surface area contributed by atoms with Crippen LogP contribution in [0.1, 0.15) is 78.6 Å². The number of hydrazine groups is 1. The average molecular weight is 552 g/mol. The zero-order chi connectivity index (χ0) is 29.2. The van der Waals surface area contributed by atoms with Gasteiger partial charge in [0, 0.05) is 12.0 Å². The number of fused-ring (bicyclic) bond motifs is 5. The number of carbonyl (C=O) groups excluding carboxylic acids is 1. The van der Waals surface area contributed by atoms with E-state index in [-0.39, 0.29) is 23.7 Å². The van der Waals surface area contributed by atoms with Crippen molar-refractivity contribution in [2.24, 2.45) is 52.2 Å². The summed E-state index contributed by atoms with van der Waals surface area (Å²) in [5.74, 6) is 12.2. The number of carbonyl (C=O) groups is 1. The largest absolute Gasteiger partial charge is 0.497 e. The lowest BCUT2D eigenvalue weighted by atomic mass is 9.44. The molecule has 0 aliphatic heterocycles. The van der Waals surface area contributed by atoms with Crippen molar-refractivity contribution in [1.29, 1.82) is 0 Å². The fourth-order valence-electron chi connectivity index (χ4n) is 9.37. The minimum atomic E-state index is 0.112. The van der Waals surface area contributed by atoms with E-state index in [9.17, 15) is 4.79 Å². The molecule has 1 aromatic rings. The molecule has 4 saturated carbocycles. The number of ketones is 1. The molecule has 6 nitrogen and oxygen atoms in total. The molecule has 4 fully saturated rings. The summed E-state index contributed by atoms with van der Waals surface area (Å²) in [5.41, 5.74) is 8.07. The first-order chi connectivity index (χ1) is 19.0. The van der Waals surface area contributed by atoms with Gasteiger partial charge in [0.2, 0.25) is 0 Å². The van der Waals surface area contributed by atoms with Gasteiger partial charge in [-0.05, 0) is 110 Å². The van der Waals surface area contributed by atoms with Crippen LogP contribution >= 0.6 is 0 Å². The Morgan fingerprint density at radius 3 is 2.40 bits per heavy atom. The second-order valence-electron chi connectivity index (χ2n) is 13.6. The monoisotopic (exact) mass is 551 g/mol. The number of ether oxygens (including phenoxy) is 2. The second-order valence-corrected chi connectivity index (χ2v) is 13.6. The van der Waals surface area contributed by atoms with Crippen LogP contribution in [0.3, 0.4) is 0 Å². The molecule has 0 saturated heterocycles. The summed E-state index contributed by atoms with van der Waals surface area (Å²) in [6.45, 7) is 14.6. The Morgan fingerprint density at radius 1 is 1.07 bits per heavy atom. The summed E-state index contributed by atoms with van der Waals surface area (Å²) in [6, 6.07) is 5.44. The van der Waals surface area contributed by atoms with Crippen molar-refractivity contribution in [2.45, 2.75) is 78.6 Å². The molecule has 0 heterocycles. The van der Waals surface area contributed by atoms with Crippen LogP contribution in [-0.4, -0.2) is 26.5 Å². The first-order valence-corrected chi connectivity index (χ1v) is 15.3. The van der Waals surface area contributed by atoms with E-state index in [0.717, 1.165) is 30.1 Å². The standard InChI is InChI=1S/C29H45N3O2.C5H8O/c1-18-11-13-28(2)19(15-18)5-7-21-22-8-9-24(29(22,3)14-12-23(21)28)27(33)17-32(31)26-10-6-20(34-4)16-25(26)30;1-4-5(2)6-3/h6,10,16,18-19,21-24H,5,7-9,11-15,17,30-31H2,1-4H3;4H,1-2H2,3H3. The van der Waals surface area contributed by atoms with E-state index >= 15 is 0 Å². The Morgan fingerprint density at radius 2 is 1.77 bits per heavy atom. The fraction of sp³-hybridized carbons (Fsp3) is 0.676. The number of benzene rings is 1. The number of nitrogen functional groups attached to an aromatic ring is 1. The lowest BCUT2D eigenvalue weighted by molar-refractivity contribution is -0.135. The third-order valence-corrected chi connectivity index (χ3v) is 11.7. The quantitative estimate of drug-likeness (QED) is 0.123. The molecule has 0 bridgehead atoms. The van der Waals surface area contributed by atoms with Gasteiger partial charge in [-0.15, -0.1) is 0 Å². The average Bonchev–Trinajstić information content (AvgIpc) is 3.30. The number of rotatable bonds is 7. The predicted octanol–water partition coefficient (Wildman–Crippen LogP) is 7.15. The maximum absolute atomic E-state index is 13.6. The first kappa shape index (κ1) is 30.5. The van der Waals surface area contributed by atoms with Crippen LogP contribution in [0.4, 0.5) is 11.4 Å². The Hall–Kier alpha value is -2.47. The molecular formula is C34H53N3O3. The highest BCUT2D eigenvalue weighted by Gasteiger charge is 2.61. The molecule has 4 aliphatic rings. The zero-order valence-corrected chi connectivity index (χ0v) is 25.6. The van der Waals surface area contributed by atoms with Crippen molar-refractivity contribution in [1.82, 2.24) is 0 Å². The van der Waals surface area contributed by atoms with Crippen molar-refractivity contribution >= 4 is 17.2 Å². The number of methoxy groups -OCH3 is 2. The van der Waals surface area contributed by atoms with Crippen LogP contribution in [0.5, 0.6) is 5.75 Å². The second kappa shape index (κ2) is 12.2. The molecular weight excluding hydrogens is 498 g/mol. The molecule has 0 spiro atoms. The third-order valence-electron chi connectivity index (χ3n) is 11.7. The van der Waals surface area contributed by atoms with Crippen molar-refractivity contribution in [3.63, 3.8) is 0 Å². The third kappa shape index (κ3) is 5.66. The highest BCUT2D eigenvalue weighted by atomic mass is 16.5. The van der Waals surface area contributed by atoms with Crippen molar-refractivity contribution < 1.29 is 14.3 Å². The van der Waals surface area contributed by atoms with Crippen LogP contribution in [0.25, 0.3) is 0 Å². The van der Waals surface area contributed by atoms with Crippen LogP contribution < -0.4 is 21.3 Å². The zero-order valence-electron chi connectivity index (χ0n) is 25.6. The minimum absolute atomic E-state index is 0.112. The van der Waals surface area contributed by atoms with Crippen LogP contribution in [0, 0.1) is 46.3 Å². The van der Waals surface area contributed by atoms with Gasteiger partial charge in [-0.1, -0.05) is 40.3 Å². The van der Waals surface area contributed by atoms with E-state index in [4.69, 9.17) is 16.3 Å². The normalized spacial score (nSPS) is 36.0. The van der Waals surface area contributed by atoms with Crippen molar-refractivity contribution in [2.75, 3.05) is 31.5 Å². The van der Waals surface area contributed by atoms with Crippen molar-refractivity contribution in [3.8, 4) is 5.75 Å². The van der Waals surface area contributed by atoms with Crippen LogP contribution in [0.15, 0.2) is 43.2 Å². The summed E-state index contributed by atoms with van der Waals surface area (Å²) in [5, 5.41) is 1.54. The van der Waals surface area contributed by atoms with Gasteiger partial charge in [-0.25, -0.2) is 5.84 Å². The van der Waals surface area contributed by atoms with Crippen molar-refractivity contribution in [3.05, 3.63) is 43.2 Å². The van der Waals surface area contributed by atoms with Crippen LogP contribution in [-0.2, 0) is 9.53 Å². The van der Waals surface area contributed by atoms with Crippen LogP contribution in [0.2, 0.25) is 0 Å². The van der Waals surface area contributed by atoms with Gasteiger partial charge in [0.1, 0.15) is 11.5 Å². The number of hydrogen-bond acceptors (Lipinski definition) is 6. The summed E-state index contributed by atoms with van der Waals surface area (Å²) in [4.78, 5) is 13.6. The molecule has 8 unspecified atom stereocenters. The van der Waals surface area contributed by atoms with Gasteiger partial charge in [0.15, 0.2) is 5.78 Å². The highest BCUT2D eigenvalue weighted by molar-refractivity contribution is 5.87. The molecule has 6 heteroatoms. The fourth-order valence-corrected chi connectivity index (χ4v) is 9.37. The van der Waals surface area contributed by atoms with Gasteiger partial charge in [-0.3, -0.25) is 4.79 Å². The van der Waals surface area contributed by atoms with E-state index in [0.29, 0.717) is 34.2 Å². The highest BCUT2D eigenvalue weighted by Crippen LogP contribution is 2.67. The lowest BCUT2D eigenvalue weighted by Crippen LogP contribution is -2.54. The van der Waals surface area contributed by atoms with Gasteiger partial charge < -0.3 is 20.2 Å². The Kier molecular flexibility index (Phi) is 9.28. The van der Waals surface area contributed by atoms with E-state index in [1.165, 1.54) is 56.4 Å². The SMILES string of the molecule is C=CC(=C)OC.COc1ccc(N(N)CC(=O)C2CCC3C4CCC5CC(C)CCC5(C)C4CCC23C)c(N)c1. The number of anilines is 2. The smallest absolute Gasteiger partial charge is 0.157 e. The first-order valence-electron chi connectivity index (χ1n) is 15.3. The predicted molar refractivity (Wildman–Crippen MR) is 165 cm³/mol. The summed E-state index contributed by atoms with van der Waals surface area (Å²) < 4.78 is 9.83.